The van der Waals surface area contributed by atoms with E-state index < -0.39 is 49.9 Å². The van der Waals surface area contributed by atoms with Crippen molar-refractivity contribution in [3.8, 4) is 17.6 Å². The van der Waals surface area contributed by atoms with Crippen LogP contribution in [0.3, 0.4) is 0 Å². The van der Waals surface area contributed by atoms with Gasteiger partial charge in [0.25, 0.3) is 14.1 Å². The molecule has 1 unspecified atom stereocenters. The Balaban J connectivity index is 1.67. The lowest BCUT2D eigenvalue weighted by atomic mass is 9.80. The fourth-order valence-electron chi connectivity index (χ4n) is 7.43. The molecule has 0 aliphatic carbocycles. The third kappa shape index (κ3) is 11.3. The number of nitrogens with zero attached hydrogens (tertiary/aromatic N) is 3. The number of hydrogen-bond donors (Lipinski definition) is 1. The van der Waals surface area contributed by atoms with E-state index in [1.807, 2.05) is 78.9 Å². The molecule has 5 rings (SSSR count). The summed E-state index contributed by atoms with van der Waals surface area (Å²) in [6, 6.07) is 29.0. The van der Waals surface area contributed by atoms with Crippen LogP contribution in [0.25, 0.3) is 0 Å². The molecule has 1 aliphatic heterocycles. The highest BCUT2D eigenvalue weighted by Gasteiger charge is 2.51. The van der Waals surface area contributed by atoms with E-state index in [1.54, 1.807) is 14.2 Å². The molecule has 1 fully saturated rings. The van der Waals surface area contributed by atoms with Crippen molar-refractivity contribution in [3.63, 3.8) is 0 Å². The molecule has 1 saturated heterocycles. The van der Waals surface area contributed by atoms with Crippen LogP contribution in [0, 0.1) is 11.3 Å². The molecular formula is C45H59N4O9P. The zero-order chi connectivity index (χ0) is 42.4. The second-order valence-electron chi connectivity index (χ2n) is 14.9. The van der Waals surface area contributed by atoms with Crippen molar-refractivity contribution in [1.29, 1.82) is 5.26 Å². The number of H-pyrrole nitrogens is 1. The molecule has 14 heteroatoms. The number of hydrogen-bond acceptors (Lipinski definition) is 11. The van der Waals surface area contributed by atoms with Gasteiger partial charge in [-0.15, -0.1) is 0 Å². The van der Waals surface area contributed by atoms with E-state index >= 15 is 0 Å². The van der Waals surface area contributed by atoms with Gasteiger partial charge in [-0.2, -0.15) is 5.26 Å². The van der Waals surface area contributed by atoms with Crippen molar-refractivity contribution < 1.29 is 32.7 Å². The molecule has 3 aromatic carbocycles. The number of aromatic nitrogens is 2. The molecule has 0 saturated carbocycles. The molecule has 1 aromatic heterocycles. The van der Waals surface area contributed by atoms with Gasteiger partial charge in [-0.1, -0.05) is 80.8 Å². The molecule has 0 bridgehead atoms. The highest BCUT2D eigenvalue weighted by molar-refractivity contribution is 7.44. The summed E-state index contributed by atoms with van der Waals surface area (Å²) in [5.74, 6) is 1.38. The molecule has 1 N–H and O–H groups in total. The molecule has 0 amide bonds. The highest BCUT2D eigenvalue weighted by Crippen LogP contribution is 2.51. The number of ether oxygens (including phenoxy) is 5. The summed E-state index contributed by atoms with van der Waals surface area (Å²) in [6.07, 6.45) is 1.97. The number of methoxy groups -OCH3 is 2. The van der Waals surface area contributed by atoms with E-state index in [0.29, 0.717) is 18.1 Å². The van der Waals surface area contributed by atoms with Crippen molar-refractivity contribution in [3.05, 3.63) is 129 Å². The maximum atomic E-state index is 13.5. The van der Waals surface area contributed by atoms with Crippen LogP contribution in [0.5, 0.6) is 11.5 Å². The van der Waals surface area contributed by atoms with E-state index in [1.165, 1.54) is 16.8 Å². The molecule has 1 aliphatic rings. The smallest absolute Gasteiger partial charge is 0.330 e. The first-order valence-electron chi connectivity index (χ1n) is 20.4. The topological polar surface area (TPSA) is 146 Å². The summed E-state index contributed by atoms with van der Waals surface area (Å²) < 4.78 is 49.1. The number of benzene rings is 3. The molecule has 59 heavy (non-hydrogen) atoms. The Morgan fingerprint density at radius 3 is 1.98 bits per heavy atom. The van der Waals surface area contributed by atoms with Crippen LogP contribution in [0.1, 0.15) is 89.6 Å². The van der Waals surface area contributed by atoms with Gasteiger partial charge >= 0.3 is 5.69 Å². The van der Waals surface area contributed by atoms with Crippen LogP contribution >= 0.6 is 8.53 Å². The first kappa shape index (κ1) is 45.7. The SMILES string of the molecule is CCCCCCO[C@@H]1[C@H](OP(OCCC#N)N(C(C)C)C(C)C)[C@@H](COC(c2ccccc2)(c2ccc(OC)cc2)c2ccc(OC)cc2)O[C@H]1n1ccc(=O)[nH]c1=O. The van der Waals surface area contributed by atoms with Crippen molar-refractivity contribution in [2.24, 2.45) is 0 Å². The first-order chi connectivity index (χ1) is 28.6. The largest absolute Gasteiger partial charge is 0.497 e. The quantitative estimate of drug-likeness (QED) is 0.0440. The number of nitriles is 1. The molecule has 0 spiro atoms. The van der Waals surface area contributed by atoms with Gasteiger partial charge < -0.3 is 32.7 Å². The fourth-order valence-corrected chi connectivity index (χ4v) is 9.20. The van der Waals surface area contributed by atoms with E-state index in [9.17, 15) is 14.9 Å². The highest BCUT2D eigenvalue weighted by atomic mass is 31.2. The number of aromatic amines is 1. The molecule has 4 aromatic rings. The van der Waals surface area contributed by atoms with Crippen LogP contribution in [-0.4, -0.2) is 78.7 Å². The van der Waals surface area contributed by atoms with Gasteiger partial charge in [0.15, 0.2) is 6.23 Å². The Kier molecular flexibility index (Phi) is 17.3. The van der Waals surface area contributed by atoms with Crippen molar-refractivity contribution in [1.82, 2.24) is 14.2 Å². The van der Waals surface area contributed by atoms with Crippen molar-refractivity contribution in [2.45, 2.75) is 109 Å². The molecule has 2 heterocycles. The van der Waals surface area contributed by atoms with Gasteiger partial charge in [0.2, 0.25) is 0 Å². The van der Waals surface area contributed by atoms with Crippen LogP contribution < -0.4 is 20.7 Å². The minimum absolute atomic E-state index is 0.0159. The monoisotopic (exact) mass is 830 g/mol. The number of unbranched alkanes of at least 4 members (excludes halogenated alkanes) is 3. The van der Waals surface area contributed by atoms with Crippen molar-refractivity contribution in [2.75, 3.05) is 34.0 Å². The van der Waals surface area contributed by atoms with E-state index in [-0.39, 0.29) is 31.7 Å². The van der Waals surface area contributed by atoms with Gasteiger partial charge in [-0.05, 0) is 75.1 Å². The van der Waals surface area contributed by atoms with Gasteiger partial charge in [0, 0.05) is 31.0 Å². The van der Waals surface area contributed by atoms with Crippen LogP contribution in [0.2, 0.25) is 0 Å². The number of rotatable bonds is 23. The maximum absolute atomic E-state index is 13.5. The van der Waals surface area contributed by atoms with Crippen LogP contribution in [0.4, 0.5) is 0 Å². The van der Waals surface area contributed by atoms with Gasteiger partial charge in [-0.25, -0.2) is 9.46 Å². The van der Waals surface area contributed by atoms with Crippen LogP contribution in [-0.2, 0) is 28.9 Å². The molecule has 0 radical (unpaired) electrons. The first-order valence-corrected chi connectivity index (χ1v) is 21.5. The summed E-state index contributed by atoms with van der Waals surface area (Å²) in [7, 11) is 1.46. The fraction of sp³-hybridized carbons (Fsp3) is 0.489. The average molecular weight is 831 g/mol. The minimum Gasteiger partial charge on any atom is -0.497 e. The normalized spacial score (nSPS) is 18.7. The summed E-state index contributed by atoms with van der Waals surface area (Å²) in [5.41, 5.74) is 0.157. The lowest BCUT2D eigenvalue weighted by molar-refractivity contribution is -0.0977. The summed E-state index contributed by atoms with van der Waals surface area (Å²) in [5, 5.41) is 9.45. The zero-order valence-electron chi connectivity index (χ0n) is 35.2. The summed E-state index contributed by atoms with van der Waals surface area (Å²) >= 11 is 0. The second-order valence-corrected chi connectivity index (χ2v) is 16.3. The molecule has 5 atom stereocenters. The third-order valence-corrected chi connectivity index (χ3v) is 12.4. The second kappa shape index (κ2) is 22.3. The van der Waals surface area contributed by atoms with Gasteiger partial charge in [0.1, 0.15) is 35.4 Å². The molecule has 13 nitrogen and oxygen atoms in total. The van der Waals surface area contributed by atoms with Gasteiger partial charge in [-0.3, -0.25) is 14.3 Å². The Labute approximate surface area is 349 Å². The zero-order valence-corrected chi connectivity index (χ0v) is 36.1. The average Bonchev–Trinajstić information content (AvgIpc) is 3.57. The van der Waals surface area contributed by atoms with E-state index in [4.69, 9.17) is 32.7 Å². The molecule has 318 valence electrons. The van der Waals surface area contributed by atoms with E-state index in [2.05, 4.69) is 50.3 Å². The standard InChI is InChI=1S/C45H59N4O9P/c1-8-9-10-14-29-54-42-41(58-59(56-30-15-27-46)49(32(2)3)33(4)5)39(57-43(42)48-28-26-40(50)47-44(48)51)31-55-45(34-16-12-11-13-17-34,35-18-22-37(52-6)23-19-35)36-20-24-38(53-7)25-21-36/h11-13,16-26,28,32-33,39,41-43H,8-10,14-15,29-31H2,1-7H3,(H,47,50,51)/t39-,41-,42-,43-,59?/m1/s1. The van der Waals surface area contributed by atoms with Crippen molar-refractivity contribution >= 4 is 8.53 Å². The Hall–Kier alpha value is -4.38. The number of nitrogens with one attached hydrogen (secondary N) is 1. The predicted octanol–water partition coefficient (Wildman–Crippen LogP) is 8.09. The summed E-state index contributed by atoms with van der Waals surface area (Å²) in [6.45, 7) is 10.9. The Morgan fingerprint density at radius 1 is 0.831 bits per heavy atom. The Morgan fingerprint density at radius 2 is 1.44 bits per heavy atom. The lowest BCUT2D eigenvalue weighted by Gasteiger charge is -2.39. The molecular weight excluding hydrogens is 771 g/mol. The lowest BCUT2D eigenvalue weighted by Crippen LogP contribution is -2.43. The van der Waals surface area contributed by atoms with Crippen LogP contribution in [0.15, 0.2) is 101 Å². The maximum Gasteiger partial charge on any atom is 0.330 e. The van der Waals surface area contributed by atoms with Gasteiger partial charge in [0.05, 0.1) is 39.9 Å². The predicted molar refractivity (Wildman–Crippen MR) is 227 cm³/mol. The Bertz CT molecular complexity index is 1960. The summed E-state index contributed by atoms with van der Waals surface area (Å²) in [4.78, 5) is 28.1. The van der Waals surface area contributed by atoms with E-state index in [0.717, 1.165) is 42.4 Å². The third-order valence-electron chi connectivity index (χ3n) is 10.2. The minimum atomic E-state index is -1.79.